The number of H-pyrrole nitrogens is 1. The molecule has 0 aliphatic heterocycles. The highest BCUT2D eigenvalue weighted by Gasteiger charge is 2.13. The van der Waals surface area contributed by atoms with Gasteiger partial charge in [0.1, 0.15) is 17.2 Å². The summed E-state index contributed by atoms with van der Waals surface area (Å²) in [6, 6.07) is 5.48. The third kappa shape index (κ3) is 3.21. The standard InChI is InChI=1S/C14H16FN3O2/c1-18(2)7-6-11-16-13(19)12(14(20)17-11)9-4-3-5-10(15)8-9/h3-5,8H,6-7H2,1-2H3,(H2,16,17,19,20). The van der Waals surface area contributed by atoms with Gasteiger partial charge in [-0.05, 0) is 31.8 Å². The van der Waals surface area contributed by atoms with Crippen molar-refractivity contribution in [2.24, 2.45) is 0 Å². The molecular formula is C14H16FN3O2. The van der Waals surface area contributed by atoms with Crippen LogP contribution in [-0.2, 0) is 6.42 Å². The molecule has 1 aromatic heterocycles. The van der Waals surface area contributed by atoms with Gasteiger partial charge >= 0.3 is 0 Å². The van der Waals surface area contributed by atoms with Crippen molar-refractivity contribution in [2.75, 3.05) is 20.6 Å². The Kier molecular flexibility index (Phi) is 4.14. The van der Waals surface area contributed by atoms with Crippen LogP contribution in [0.5, 0.6) is 5.88 Å². The minimum Gasteiger partial charge on any atom is -0.493 e. The molecule has 2 rings (SSSR count). The minimum atomic E-state index is -0.475. The zero-order chi connectivity index (χ0) is 14.7. The lowest BCUT2D eigenvalue weighted by Gasteiger charge is -2.10. The van der Waals surface area contributed by atoms with Gasteiger partial charge in [0.25, 0.3) is 5.56 Å². The fraction of sp³-hybridized carbons (Fsp3) is 0.286. The summed E-state index contributed by atoms with van der Waals surface area (Å²) in [6.07, 6.45) is 0.513. The minimum absolute atomic E-state index is 0.0156. The number of rotatable bonds is 4. The average molecular weight is 277 g/mol. The Morgan fingerprint density at radius 3 is 2.75 bits per heavy atom. The van der Waals surface area contributed by atoms with E-state index in [0.29, 0.717) is 24.4 Å². The van der Waals surface area contributed by atoms with E-state index in [0.717, 1.165) is 0 Å². The first-order valence-corrected chi connectivity index (χ1v) is 6.20. The molecule has 0 aliphatic rings. The number of benzene rings is 1. The molecular weight excluding hydrogens is 261 g/mol. The molecule has 0 spiro atoms. The van der Waals surface area contributed by atoms with Crippen molar-refractivity contribution >= 4 is 0 Å². The first-order valence-electron chi connectivity index (χ1n) is 6.20. The third-order valence-corrected chi connectivity index (χ3v) is 2.86. The normalized spacial score (nSPS) is 11.0. The quantitative estimate of drug-likeness (QED) is 0.886. The summed E-state index contributed by atoms with van der Waals surface area (Å²) >= 11 is 0. The molecule has 2 N–H and O–H groups in total. The summed E-state index contributed by atoms with van der Waals surface area (Å²) in [5, 5.41) is 9.91. The second kappa shape index (κ2) is 5.83. The second-order valence-corrected chi connectivity index (χ2v) is 4.77. The maximum Gasteiger partial charge on any atom is 0.262 e. The van der Waals surface area contributed by atoms with Crippen molar-refractivity contribution in [3.05, 3.63) is 46.3 Å². The van der Waals surface area contributed by atoms with Crippen LogP contribution in [0.3, 0.4) is 0 Å². The van der Waals surface area contributed by atoms with Gasteiger partial charge in [-0.25, -0.2) is 4.39 Å². The fourth-order valence-corrected chi connectivity index (χ4v) is 1.86. The Morgan fingerprint density at radius 1 is 1.40 bits per heavy atom. The van der Waals surface area contributed by atoms with E-state index in [9.17, 15) is 14.3 Å². The van der Waals surface area contributed by atoms with Crippen molar-refractivity contribution in [1.82, 2.24) is 14.9 Å². The molecule has 20 heavy (non-hydrogen) atoms. The van der Waals surface area contributed by atoms with Crippen molar-refractivity contribution in [3.63, 3.8) is 0 Å². The zero-order valence-corrected chi connectivity index (χ0v) is 11.4. The van der Waals surface area contributed by atoms with E-state index in [2.05, 4.69) is 9.97 Å². The summed E-state index contributed by atoms with van der Waals surface area (Å²) < 4.78 is 13.2. The summed E-state index contributed by atoms with van der Waals surface area (Å²) in [6.45, 7) is 0.696. The lowest BCUT2D eigenvalue weighted by Crippen LogP contribution is -2.20. The molecule has 1 aromatic carbocycles. The van der Waals surface area contributed by atoms with E-state index in [1.165, 1.54) is 18.2 Å². The van der Waals surface area contributed by atoms with Crippen molar-refractivity contribution in [2.45, 2.75) is 6.42 Å². The second-order valence-electron chi connectivity index (χ2n) is 4.77. The number of likely N-dealkylation sites (N-methyl/N-ethyl adjacent to an activating group) is 1. The molecule has 0 fully saturated rings. The lowest BCUT2D eigenvalue weighted by atomic mass is 10.1. The van der Waals surface area contributed by atoms with E-state index >= 15 is 0 Å². The van der Waals surface area contributed by atoms with E-state index in [-0.39, 0.29) is 11.4 Å². The van der Waals surface area contributed by atoms with Gasteiger partial charge in [0, 0.05) is 13.0 Å². The van der Waals surface area contributed by atoms with E-state index in [4.69, 9.17) is 0 Å². The SMILES string of the molecule is CN(C)CCc1nc(O)c(-c2cccc(F)c2)c(=O)[nH]1. The monoisotopic (exact) mass is 277 g/mol. The molecule has 0 saturated heterocycles. The van der Waals surface area contributed by atoms with Crippen LogP contribution in [0, 0.1) is 5.82 Å². The van der Waals surface area contributed by atoms with Gasteiger partial charge in [-0.2, -0.15) is 4.98 Å². The number of hydrogen-bond donors (Lipinski definition) is 2. The maximum atomic E-state index is 13.2. The van der Waals surface area contributed by atoms with Gasteiger partial charge in [-0.1, -0.05) is 12.1 Å². The summed E-state index contributed by atoms with van der Waals surface area (Å²) in [5.41, 5.74) is -0.189. The summed E-state index contributed by atoms with van der Waals surface area (Å²) in [5.74, 6) is -0.451. The number of nitrogens with one attached hydrogen (secondary N) is 1. The van der Waals surface area contributed by atoms with Crippen LogP contribution in [0.15, 0.2) is 29.1 Å². The molecule has 0 unspecified atom stereocenters. The third-order valence-electron chi connectivity index (χ3n) is 2.86. The predicted molar refractivity (Wildman–Crippen MR) is 74.2 cm³/mol. The van der Waals surface area contributed by atoms with Gasteiger partial charge in [0.2, 0.25) is 5.88 Å². The number of aromatic amines is 1. The molecule has 2 aromatic rings. The smallest absolute Gasteiger partial charge is 0.262 e. The largest absolute Gasteiger partial charge is 0.493 e. The highest BCUT2D eigenvalue weighted by molar-refractivity contribution is 5.67. The van der Waals surface area contributed by atoms with Crippen LogP contribution < -0.4 is 5.56 Å². The number of nitrogens with zero attached hydrogens (tertiary/aromatic N) is 2. The van der Waals surface area contributed by atoms with Crippen LogP contribution >= 0.6 is 0 Å². The molecule has 0 radical (unpaired) electrons. The maximum absolute atomic E-state index is 13.2. The van der Waals surface area contributed by atoms with Crippen LogP contribution in [-0.4, -0.2) is 40.6 Å². The van der Waals surface area contributed by atoms with Gasteiger partial charge in [0.15, 0.2) is 0 Å². The number of hydrogen-bond acceptors (Lipinski definition) is 4. The van der Waals surface area contributed by atoms with Gasteiger partial charge in [-0.15, -0.1) is 0 Å². The zero-order valence-electron chi connectivity index (χ0n) is 11.4. The van der Waals surface area contributed by atoms with E-state index < -0.39 is 11.4 Å². The summed E-state index contributed by atoms with van der Waals surface area (Å²) in [4.78, 5) is 20.5. The first kappa shape index (κ1) is 14.2. The van der Waals surface area contributed by atoms with E-state index in [1.54, 1.807) is 6.07 Å². The van der Waals surface area contributed by atoms with Crippen molar-refractivity contribution in [3.8, 4) is 17.0 Å². The summed E-state index contributed by atoms with van der Waals surface area (Å²) in [7, 11) is 3.80. The lowest BCUT2D eigenvalue weighted by molar-refractivity contribution is 0.404. The molecule has 0 amide bonds. The van der Waals surface area contributed by atoms with Crippen LogP contribution in [0.1, 0.15) is 5.82 Å². The Balaban J connectivity index is 2.39. The predicted octanol–water partition coefficient (Wildman–Crippen LogP) is 1.39. The number of halogens is 1. The fourth-order valence-electron chi connectivity index (χ4n) is 1.86. The van der Waals surface area contributed by atoms with Crippen LogP contribution in [0.2, 0.25) is 0 Å². The number of aromatic hydroxyl groups is 1. The van der Waals surface area contributed by atoms with E-state index in [1.807, 2.05) is 19.0 Å². The highest BCUT2D eigenvalue weighted by atomic mass is 19.1. The molecule has 5 nitrogen and oxygen atoms in total. The van der Waals surface area contributed by atoms with Crippen LogP contribution in [0.25, 0.3) is 11.1 Å². The van der Waals surface area contributed by atoms with Crippen molar-refractivity contribution in [1.29, 1.82) is 0 Å². The molecule has 0 bridgehead atoms. The van der Waals surface area contributed by atoms with Gasteiger partial charge < -0.3 is 15.0 Å². The average Bonchev–Trinajstić information content (AvgIpc) is 2.35. The van der Waals surface area contributed by atoms with Crippen molar-refractivity contribution < 1.29 is 9.50 Å². The molecule has 0 saturated carbocycles. The molecule has 0 aliphatic carbocycles. The topological polar surface area (TPSA) is 69.2 Å². The first-order chi connectivity index (χ1) is 9.47. The molecule has 106 valence electrons. The van der Waals surface area contributed by atoms with Crippen LogP contribution in [0.4, 0.5) is 4.39 Å². The molecule has 6 heteroatoms. The molecule has 1 heterocycles. The Hall–Kier alpha value is -2.21. The van der Waals surface area contributed by atoms with Gasteiger partial charge in [0.05, 0.1) is 0 Å². The Morgan fingerprint density at radius 2 is 2.15 bits per heavy atom. The number of aromatic nitrogens is 2. The highest BCUT2D eigenvalue weighted by Crippen LogP contribution is 2.23. The van der Waals surface area contributed by atoms with Gasteiger partial charge in [-0.3, -0.25) is 4.79 Å². The molecule has 0 atom stereocenters. The Bertz CT molecular complexity index is 668. The Labute approximate surface area is 115 Å².